The number of amides is 1. The van der Waals surface area contributed by atoms with Gasteiger partial charge in [0.15, 0.2) is 16.9 Å². The van der Waals surface area contributed by atoms with Gasteiger partial charge < -0.3 is 28.3 Å². The summed E-state index contributed by atoms with van der Waals surface area (Å²) in [7, 11) is 4.58. The third kappa shape index (κ3) is 3.41. The van der Waals surface area contributed by atoms with Crippen LogP contribution >= 0.6 is 0 Å². The molecule has 2 aliphatic heterocycles. The highest BCUT2D eigenvalue weighted by Gasteiger charge is 2.44. The van der Waals surface area contributed by atoms with Gasteiger partial charge in [0.1, 0.15) is 5.58 Å². The third-order valence-corrected chi connectivity index (χ3v) is 6.30. The molecule has 0 saturated carbocycles. The van der Waals surface area contributed by atoms with Crippen molar-refractivity contribution in [3.8, 4) is 17.2 Å². The van der Waals surface area contributed by atoms with E-state index in [1.54, 1.807) is 41.3 Å². The molecule has 0 spiro atoms. The lowest BCUT2D eigenvalue weighted by Crippen LogP contribution is -2.36. The Kier molecular flexibility index (Phi) is 5.46. The van der Waals surface area contributed by atoms with Gasteiger partial charge in [-0.3, -0.25) is 9.59 Å². The molecule has 0 unspecified atom stereocenters. The fourth-order valence-corrected chi connectivity index (χ4v) is 4.77. The average Bonchev–Trinajstić information content (AvgIpc) is 3.45. The molecule has 1 saturated heterocycles. The molecule has 8 nitrogen and oxygen atoms in total. The lowest BCUT2D eigenvalue weighted by Gasteiger charge is -2.28. The molecule has 2 atom stereocenters. The SMILES string of the molecule is COc1cc([C@H]2c3c(oc4ccccc4c3=O)C(=O)N2C[C@@H]2CCCO2)cc(OC)c1OC. The average molecular weight is 451 g/mol. The molecule has 1 fully saturated rings. The van der Waals surface area contributed by atoms with Crippen LogP contribution < -0.4 is 19.6 Å². The van der Waals surface area contributed by atoms with Crippen molar-refractivity contribution in [1.29, 1.82) is 0 Å². The first kappa shape index (κ1) is 21.3. The second kappa shape index (κ2) is 8.44. The maximum atomic E-state index is 13.6. The van der Waals surface area contributed by atoms with Gasteiger partial charge in [-0.25, -0.2) is 0 Å². The summed E-state index contributed by atoms with van der Waals surface area (Å²) in [6.45, 7) is 1.01. The molecule has 1 amide bonds. The molecule has 0 bridgehead atoms. The number of hydrogen-bond donors (Lipinski definition) is 0. The Morgan fingerprint density at radius 1 is 1.03 bits per heavy atom. The first-order valence-electron chi connectivity index (χ1n) is 10.9. The van der Waals surface area contributed by atoms with Gasteiger partial charge >= 0.3 is 0 Å². The number of ether oxygens (including phenoxy) is 4. The third-order valence-electron chi connectivity index (χ3n) is 6.30. The lowest BCUT2D eigenvalue weighted by molar-refractivity contribution is 0.0486. The minimum atomic E-state index is -0.675. The zero-order valence-electron chi connectivity index (χ0n) is 18.8. The van der Waals surface area contributed by atoms with Crippen molar-refractivity contribution in [2.45, 2.75) is 25.0 Å². The van der Waals surface area contributed by atoms with E-state index in [2.05, 4.69) is 0 Å². The summed E-state index contributed by atoms with van der Waals surface area (Å²) in [5.74, 6) is 1.05. The van der Waals surface area contributed by atoms with Gasteiger partial charge in [0.05, 0.1) is 44.4 Å². The smallest absolute Gasteiger partial charge is 0.291 e. The van der Waals surface area contributed by atoms with E-state index in [9.17, 15) is 9.59 Å². The molecular weight excluding hydrogens is 426 g/mol. The van der Waals surface area contributed by atoms with Gasteiger partial charge in [0, 0.05) is 13.2 Å². The van der Waals surface area contributed by atoms with E-state index in [0.29, 0.717) is 52.5 Å². The first-order valence-corrected chi connectivity index (χ1v) is 10.9. The van der Waals surface area contributed by atoms with Crippen molar-refractivity contribution in [3.05, 3.63) is 63.5 Å². The molecule has 0 N–H and O–H groups in total. The highest BCUT2D eigenvalue weighted by atomic mass is 16.5. The van der Waals surface area contributed by atoms with Crippen LogP contribution in [-0.2, 0) is 4.74 Å². The van der Waals surface area contributed by atoms with Crippen molar-refractivity contribution in [3.63, 3.8) is 0 Å². The van der Waals surface area contributed by atoms with Crippen molar-refractivity contribution in [1.82, 2.24) is 4.90 Å². The molecular formula is C25H25NO7. The highest BCUT2D eigenvalue weighted by molar-refractivity contribution is 5.99. The predicted molar refractivity (Wildman–Crippen MR) is 120 cm³/mol. The molecule has 1 aromatic heterocycles. The summed E-state index contributed by atoms with van der Waals surface area (Å²) in [6.07, 6.45) is 1.69. The van der Waals surface area contributed by atoms with Crippen LogP contribution in [0.2, 0.25) is 0 Å². The molecule has 0 aliphatic carbocycles. The van der Waals surface area contributed by atoms with E-state index in [0.717, 1.165) is 12.8 Å². The Labute approximate surface area is 190 Å². The number of carbonyl (C=O) groups is 1. The number of para-hydroxylation sites is 1. The maximum Gasteiger partial charge on any atom is 0.291 e. The van der Waals surface area contributed by atoms with Crippen LogP contribution in [0.1, 0.15) is 40.6 Å². The predicted octanol–water partition coefficient (Wildman–Crippen LogP) is 3.54. The standard InChI is InChI=1S/C25H25NO7/c1-29-18-11-14(12-19(30-2)23(18)31-3)21-20-22(27)16-8-4-5-9-17(16)33-24(20)25(28)26(21)13-15-7-6-10-32-15/h4-5,8-9,11-12,15,21H,6-7,10,13H2,1-3H3/t15-,21-/m0/s1. The van der Waals surface area contributed by atoms with E-state index in [4.69, 9.17) is 23.4 Å². The van der Waals surface area contributed by atoms with Gasteiger partial charge in [-0.1, -0.05) is 12.1 Å². The van der Waals surface area contributed by atoms with Gasteiger partial charge in [-0.15, -0.1) is 0 Å². The fourth-order valence-electron chi connectivity index (χ4n) is 4.77. The molecule has 172 valence electrons. The zero-order chi connectivity index (χ0) is 23.1. The molecule has 3 heterocycles. The second-order valence-electron chi connectivity index (χ2n) is 8.12. The van der Waals surface area contributed by atoms with Gasteiger partial charge in [0.25, 0.3) is 5.91 Å². The monoisotopic (exact) mass is 451 g/mol. The van der Waals surface area contributed by atoms with Crippen LogP contribution in [0.5, 0.6) is 17.2 Å². The molecule has 8 heteroatoms. The Bertz CT molecular complexity index is 1250. The minimum Gasteiger partial charge on any atom is -0.493 e. The highest BCUT2D eigenvalue weighted by Crippen LogP contribution is 2.45. The van der Waals surface area contributed by atoms with Gasteiger partial charge in [-0.2, -0.15) is 0 Å². The van der Waals surface area contributed by atoms with Crippen LogP contribution in [0, 0.1) is 0 Å². The van der Waals surface area contributed by atoms with Crippen LogP contribution in [0.3, 0.4) is 0 Å². The molecule has 2 aromatic carbocycles. The van der Waals surface area contributed by atoms with E-state index >= 15 is 0 Å². The molecule has 2 aliphatic rings. The largest absolute Gasteiger partial charge is 0.493 e. The summed E-state index contributed by atoms with van der Waals surface area (Å²) in [4.78, 5) is 28.8. The number of carbonyl (C=O) groups excluding carboxylic acids is 1. The van der Waals surface area contributed by atoms with Crippen molar-refractivity contribution < 1.29 is 28.2 Å². The lowest BCUT2D eigenvalue weighted by atomic mass is 9.97. The number of nitrogens with zero attached hydrogens (tertiary/aromatic N) is 1. The zero-order valence-corrected chi connectivity index (χ0v) is 18.8. The van der Waals surface area contributed by atoms with E-state index in [-0.39, 0.29) is 23.2 Å². The Balaban J connectivity index is 1.73. The number of benzene rings is 2. The molecule has 0 radical (unpaired) electrons. The topological polar surface area (TPSA) is 87.4 Å². The van der Waals surface area contributed by atoms with E-state index in [1.165, 1.54) is 21.3 Å². The number of fused-ring (bicyclic) bond motifs is 2. The number of rotatable bonds is 6. The summed E-state index contributed by atoms with van der Waals surface area (Å²) in [5, 5.41) is 0.431. The summed E-state index contributed by atoms with van der Waals surface area (Å²) in [6, 6.07) is 9.82. The Morgan fingerprint density at radius 2 is 1.76 bits per heavy atom. The van der Waals surface area contributed by atoms with Crippen LogP contribution in [-0.4, -0.2) is 51.4 Å². The van der Waals surface area contributed by atoms with E-state index < -0.39 is 6.04 Å². The fraction of sp³-hybridized carbons (Fsp3) is 0.360. The van der Waals surface area contributed by atoms with Crippen LogP contribution in [0.15, 0.2) is 45.6 Å². The normalized spacial score (nSPS) is 19.7. The number of methoxy groups -OCH3 is 3. The molecule has 3 aromatic rings. The Hall–Kier alpha value is -3.52. The Morgan fingerprint density at radius 3 is 2.39 bits per heavy atom. The van der Waals surface area contributed by atoms with Crippen LogP contribution in [0.25, 0.3) is 11.0 Å². The summed E-state index contributed by atoms with van der Waals surface area (Å²) >= 11 is 0. The molecule has 33 heavy (non-hydrogen) atoms. The first-order chi connectivity index (χ1) is 16.1. The number of hydrogen-bond acceptors (Lipinski definition) is 7. The van der Waals surface area contributed by atoms with Crippen molar-refractivity contribution in [2.24, 2.45) is 0 Å². The molecule has 5 rings (SSSR count). The minimum absolute atomic E-state index is 0.0652. The van der Waals surface area contributed by atoms with Crippen molar-refractivity contribution >= 4 is 16.9 Å². The van der Waals surface area contributed by atoms with Crippen molar-refractivity contribution in [2.75, 3.05) is 34.5 Å². The van der Waals surface area contributed by atoms with E-state index in [1.807, 2.05) is 0 Å². The summed E-state index contributed by atoms with van der Waals surface area (Å²) in [5.41, 5.74) is 1.13. The van der Waals surface area contributed by atoms with Gasteiger partial charge in [-0.05, 0) is 42.7 Å². The maximum absolute atomic E-state index is 13.6. The quantitative estimate of drug-likeness (QED) is 0.566. The van der Waals surface area contributed by atoms with Gasteiger partial charge in [0.2, 0.25) is 11.5 Å². The van der Waals surface area contributed by atoms with Crippen LogP contribution in [0.4, 0.5) is 0 Å². The second-order valence-corrected chi connectivity index (χ2v) is 8.12. The summed E-state index contributed by atoms with van der Waals surface area (Å²) < 4.78 is 28.3.